The van der Waals surface area contributed by atoms with E-state index in [2.05, 4.69) is 0 Å². The summed E-state index contributed by atoms with van der Waals surface area (Å²) in [5.41, 5.74) is -7.62. The number of halogens is 8. The van der Waals surface area contributed by atoms with E-state index in [4.69, 9.17) is 0 Å². The molecule has 0 fully saturated rings. The number of nitrogens with one attached hydrogen (secondary N) is 1. The van der Waals surface area contributed by atoms with E-state index in [1.807, 2.05) is 0 Å². The monoisotopic (exact) mass is 445 g/mol. The van der Waals surface area contributed by atoms with E-state index in [1.165, 1.54) is 30.3 Å². The van der Waals surface area contributed by atoms with Crippen LogP contribution in [0.25, 0.3) is 11.1 Å². The van der Waals surface area contributed by atoms with Crippen molar-refractivity contribution >= 4 is 11.6 Å². The van der Waals surface area contributed by atoms with Crippen LogP contribution in [-0.4, -0.2) is 5.91 Å². The Labute approximate surface area is 170 Å². The lowest BCUT2D eigenvalue weighted by atomic mass is 9.93. The fourth-order valence-corrected chi connectivity index (χ4v) is 3.05. The number of benzene rings is 3. The van der Waals surface area contributed by atoms with Gasteiger partial charge in [-0.2, -0.15) is 26.3 Å². The fraction of sp³-hybridized carbons (Fsp3) is 0.0952. The van der Waals surface area contributed by atoms with Crippen molar-refractivity contribution in [3.05, 3.63) is 89.0 Å². The maximum atomic E-state index is 13.8. The van der Waals surface area contributed by atoms with Crippen molar-refractivity contribution in [1.82, 2.24) is 0 Å². The number of carbonyl (C=O) groups excluding carboxylic acids is 1. The van der Waals surface area contributed by atoms with Crippen LogP contribution in [0.3, 0.4) is 0 Å². The summed E-state index contributed by atoms with van der Waals surface area (Å²) >= 11 is 0. The van der Waals surface area contributed by atoms with Crippen molar-refractivity contribution in [3.8, 4) is 11.1 Å². The van der Waals surface area contributed by atoms with Crippen molar-refractivity contribution in [2.45, 2.75) is 12.4 Å². The van der Waals surface area contributed by atoms with E-state index in [1.54, 1.807) is 5.32 Å². The topological polar surface area (TPSA) is 29.1 Å². The maximum Gasteiger partial charge on any atom is 0.419 e. The van der Waals surface area contributed by atoms with Gasteiger partial charge in [0.05, 0.1) is 16.8 Å². The molecule has 0 saturated heterocycles. The zero-order valence-electron chi connectivity index (χ0n) is 15.2. The van der Waals surface area contributed by atoms with E-state index in [0.29, 0.717) is 18.2 Å². The average Bonchev–Trinajstić information content (AvgIpc) is 2.66. The normalized spacial score (nSPS) is 12.0. The second-order valence-corrected chi connectivity index (χ2v) is 6.32. The Balaban J connectivity index is 2.24. The highest BCUT2D eigenvalue weighted by Crippen LogP contribution is 2.48. The number of hydrogen-bond donors (Lipinski definition) is 1. The molecule has 31 heavy (non-hydrogen) atoms. The molecule has 0 aliphatic heterocycles. The van der Waals surface area contributed by atoms with Gasteiger partial charge in [-0.1, -0.05) is 42.5 Å². The molecule has 0 atom stereocenters. The molecule has 0 aliphatic rings. The van der Waals surface area contributed by atoms with Gasteiger partial charge in [0.2, 0.25) is 0 Å². The molecular weight excluding hydrogens is 434 g/mol. The molecule has 3 aromatic rings. The molecular formula is C21H11F8NO. The molecule has 0 saturated carbocycles. The summed E-state index contributed by atoms with van der Waals surface area (Å²) in [4.78, 5) is 12.2. The Bertz CT molecular complexity index is 1100. The molecule has 3 rings (SSSR count). The second kappa shape index (κ2) is 8.01. The number of hydrogen-bond acceptors (Lipinski definition) is 1. The molecule has 0 aromatic heterocycles. The molecule has 0 heterocycles. The van der Waals surface area contributed by atoms with Crippen LogP contribution in [0.5, 0.6) is 0 Å². The zero-order chi connectivity index (χ0) is 23.0. The molecule has 1 amide bonds. The third-order valence-electron chi connectivity index (χ3n) is 4.30. The Hall–Kier alpha value is -3.43. The van der Waals surface area contributed by atoms with Gasteiger partial charge in [0.1, 0.15) is 17.2 Å². The van der Waals surface area contributed by atoms with Gasteiger partial charge >= 0.3 is 12.4 Å². The lowest BCUT2D eigenvalue weighted by molar-refractivity contribution is -0.161. The first kappa shape index (κ1) is 22.3. The largest absolute Gasteiger partial charge is 0.419 e. The minimum absolute atomic E-state index is 0.140. The van der Waals surface area contributed by atoms with Crippen LogP contribution in [0.1, 0.15) is 21.5 Å². The molecule has 0 bridgehead atoms. The molecule has 2 nitrogen and oxygen atoms in total. The highest BCUT2D eigenvalue weighted by atomic mass is 19.4. The SMILES string of the molecule is O=C(Nc1ccc(-c2ccccc2)c(C(F)(F)F)c1C(F)(F)F)c1c(F)cccc1F. The van der Waals surface area contributed by atoms with E-state index in [0.717, 1.165) is 12.1 Å². The second-order valence-electron chi connectivity index (χ2n) is 6.32. The lowest BCUT2D eigenvalue weighted by Gasteiger charge is -2.23. The van der Waals surface area contributed by atoms with Gasteiger partial charge in [0.15, 0.2) is 0 Å². The van der Waals surface area contributed by atoms with E-state index >= 15 is 0 Å². The zero-order valence-corrected chi connectivity index (χ0v) is 15.2. The van der Waals surface area contributed by atoms with Gasteiger partial charge < -0.3 is 5.32 Å². The van der Waals surface area contributed by atoms with E-state index < -0.39 is 57.8 Å². The van der Waals surface area contributed by atoms with Gasteiger partial charge in [0.25, 0.3) is 5.91 Å². The summed E-state index contributed by atoms with van der Waals surface area (Å²) in [5.74, 6) is -4.44. The molecule has 0 aliphatic carbocycles. The molecule has 1 N–H and O–H groups in total. The lowest BCUT2D eigenvalue weighted by Crippen LogP contribution is -2.23. The summed E-state index contributed by atoms with van der Waals surface area (Å²) in [6.07, 6.45) is -11.0. The summed E-state index contributed by atoms with van der Waals surface area (Å²) < 4.78 is 110. The van der Waals surface area contributed by atoms with Crippen molar-refractivity contribution in [1.29, 1.82) is 0 Å². The standard InChI is InChI=1S/C21H11F8NO/c22-13-7-4-8-14(23)16(13)19(31)30-15-10-9-12(11-5-2-1-3-6-11)17(20(24,25)26)18(15)21(27,28)29/h1-10H,(H,30,31). The number of anilines is 1. The number of rotatable bonds is 3. The van der Waals surface area contributed by atoms with Gasteiger partial charge in [0, 0.05) is 0 Å². The van der Waals surface area contributed by atoms with Gasteiger partial charge in [-0.15, -0.1) is 0 Å². The number of alkyl halides is 6. The smallest absolute Gasteiger partial charge is 0.321 e. The predicted molar refractivity (Wildman–Crippen MR) is 96.2 cm³/mol. The molecule has 0 radical (unpaired) electrons. The van der Waals surface area contributed by atoms with Gasteiger partial charge in [-0.3, -0.25) is 4.79 Å². The first-order valence-corrected chi connectivity index (χ1v) is 8.53. The van der Waals surface area contributed by atoms with E-state index in [-0.39, 0.29) is 5.56 Å². The highest BCUT2D eigenvalue weighted by molar-refractivity contribution is 6.05. The first-order chi connectivity index (χ1) is 14.4. The third kappa shape index (κ3) is 4.52. The van der Waals surface area contributed by atoms with Crippen molar-refractivity contribution in [2.75, 3.05) is 5.32 Å². The predicted octanol–water partition coefficient (Wildman–Crippen LogP) is 6.92. The Kier molecular flexibility index (Phi) is 5.75. The van der Waals surface area contributed by atoms with Crippen LogP contribution >= 0.6 is 0 Å². The Morgan fingerprint density at radius 1 is 0.677 bits per heavy atom. The van der Waals surface area contributed by atoms with Gasteiger partial charge in [-0.25, -0.2) is 8.78 Å². The Morgan fingerprint density at radius 3 is 1.74 bits per heavy atom. The van der Waals surface area contributed by atoms with Crippen LogP contribution in [0, 0.1) is 11.6 Å². The summed E-state index contributed by atoms with van der Waals surface area (Å²) in [5, 5.41) is 1.57. The fourth-order valence-electron chi connectivity index (χ4n) is 3.05. The molecule has 0 unspecified atom stereocenters. The maximum absolute atomic E-state index is 13.8. The van der Waals surface area contributed by atoms with Crippen LogP contribution in [0.4, 0.5) is 40.8 Å². The quantitative estimate of drug-likeness (QED) is 0.436. The highest BCUT2D eigenvalue weighted by Gasteiger charge is 2.47. The minimum Gasteiger partial charge on any atom is -0.321 e. The van der Waals surface area contributed by atoms with E-state index in [9.17, 15) is 39.9 Å². The van der Waals surface area contributed by atoms with Crippen molar-refractivity contribution in [3.63, 3.8) is 0 Å². The molecule has 3 aromatic carbocycles. The summed E-state index contributed by atoms with van der Waals surface area (Å²) in [6.45, 7) is 0. The number of amides is 1. The van der Waals surface area contributed by atoms with Crippen LogP contribution < -0.4 is 5.32 Å². The number of carbonyl (C=O) groups is 1. The van der Waals surface area contributed by atoms with Gasteiger partial charge in [-0.05, 0) is 29.3 Å². The van der Waals surface area contributed by atoms with Crippen molar-refractivity contribution in [2.24, 2.45) is 0 Å². The first-order valence-electron chi connectivity index (χ1n) is 8.53. The summed E-state index contributed by atoms with van der Waals surface area (Å²) in [7, 11) is 0. The minimum atomic E-state index is -5.55. The van der Waals surface area contributed by atoms with Crippen molar-refractivity contribution < 1.29 is 39.9 Å². The Morgan fingerprint density at radius 2 is 1.23 bits per heavy atom. The molecule has 162 valence electrons. The molecule has 10 heteroatoms. The van der Waals surface area contributed by atoms with Crippen LogP contribution in [0.2, 0.25) is 0 Å². The average molecular weight is 445 g/mol. The van der Waals surface area contributed by atoms with Crippen LogP contribution in [-0.2, 0) is 12.4 Å². The van der Waals surface area contributed by atoms with Crippen LogP contribution in [0.15, 0.2) is 60.7 Å². The third-order valence-corrected chi connectivity index (χ3v) is 4.30. The summed E-state index contributed by atoms with van der Waals surface area (Å²) in [6, 6.07) is 10.2. The molecule has 0 spiro atoms.